The van der Waals surface area contributed by atoms with Crippen LogP contribution in [0, 0.1) is 5.92 Å². The van der Waals surface area contributed by atoms with Gasteiger partial charge in [0.15, 0.2) is 0 Å². The Balaban J connectivity index is 2.60. The van der Waals surface area contributed by atoms with Crippen LogP contribution in [0.4, 0.5) is 0 Å². The highest BCUT2D eigenvalue weighted by Crippen LogP contribution is 2.18. The topological polar surface area (TPSA) is 61.4 Å². The molecule has 1 rings (SSSR count). The van der Waals surface area contributed by atoms with Gasteiger partial charge in [-0.25, -0.2) is 0 Å². The van der Waals surface area contributed by atoms with Crippen molar-refractivity contribution in [1.82, 2.24) is 15.5 Å². The molecule has 1 heterocycles. The second-order valence-electron chi connectivity index (χ2n) is 5.01. The fourth-order valence-corrected chi connectivity index (χ4v) is 2.40. The van der Waals surface area contributed by atoms with Crippen LogP contribution in [-0.4, -0.2) is 49.4 Å². The summed E-state index contributed by atoms with van der Waals surface area (Å²) < 4.78 is 0. The smallest absolute Gasteiger partial charge is 0.239 e. The average molecular weight is 255 g/mol. The van der Waals surface area contributed by atoms with E-state index in [-0.39, 0.29) is 24.3 Å². The Morgan fingerprint density at radius 3 is 2.72 bits per heavy atom. The molecule has 0 bridgehead atoms. The molecular weight excluding hydrogens is 230 g/mol. The molecule has 1 fully saturated rings. The molecule has 0 aromatic rings. The molecule has 0 radical (unpaired) electrons. The standard InChI is InChI=1S/C13H25N3O2/c1-4-7-16(9-12(17)14-3)13(18)11-5-6-15-10(2)8-11/h10-11,15H,4-9H2,1-3H3,(H,14,17). The van der Waals surface area contributed by atoms with Crippen molar-refractivity contribution in [2.75, 3.05) is 26.7 Å². The molecule has 1 aliphatic rings. The van der Waals surface area contributed by atoms with Gasteiger partial charge < -0.3 is 15.5 Å². The molecule has 0 aromatic heterocycles. The molecule has 104 valence electrons. The monoisotopic (exact) mass is 255 g/mol. The number of likely N-dealkylation sites (N-methyl/N-ethyl adjacent to an activating group) is 1. The van der Waals surface area contributed by atoms with Crippen molar-refractivity contribution < 1.29 is 9.59 Å². The van der Waals surface area contributed by atoms with Crippen molar-refractivity contribution in [3.63, 3.8) is 0 Å². The predicted octanol–water partition coefficient (Wildman–Crippen LogP) is 0.359. The van der Waals surface area contributed by atoms with E-state index in [2.05, 4.69) is 17.6 Å². The first kappa shape index (κ1) is 15.0. The summed E-state index contributed by atoms with van der Waals surface area (Å²) in [6.07, 6.45) is 2.62. The van der Waals surface area contributed by atoms with Crippen LogP contribution in [0.1, 0.15) is 33.1 Å². The summed E-state index contributed by atoms with van der Waals surface area (Å²) in [6.45, 7) is 5.85. The van der Waals surface area contributed by atoms with Crippen LogP contribution in [0.15, 0.2) is 0 Å². The molecule has 0 spiro atoms. The summed E-state index contributed by atoms with van der Waals surface area (Å²) >= 11 is 0. The molecular formula is C13H25N3O2. The first-order valence-electron chi connectivity index (χ1n) is 6.81. The van der Waals surface area contributed by atoms with Crippen LogP contribution < -0.4 is 10.6 Å². The Bertz CT molecular complexity index is 294. The van der Waals surface area contributed by atoms with E-state index in [1.165, 1.54) is 0 Å². The molecule has 0 aromatic carbocycles. The van der Waals surface area contributed by atoms with Gasteiger partial charge in [0.2, 0.25) is 11.8 Å². The summed E-state index contributed by atoms with van der Waals surface area (Å²) in [7, 11) is 1.60. The largest absolute Gasteiger partial charge is 0.358 e. The van der Waals surface area contributed by atoms with Gasteiger partial charge >= 0.3 is 0 Å². The Morgan fingerprint density at radius 1 is 1.44 bits per heavy atom. The van der Waals surface area contributed by atoms with Crippen molar-refractivity contribution in [3.05, 3.63) is 0 Å². The molecule has 18 heavy (non-hydrogen) atoms. The summed E-state index contributed by atoms with van der Waals surface area (Å²) in [5.74, 6) is 0.102. The van der Waals surface area contributed by atoms with Crippen molar-refractivity contribution in [2.24, 2.45) is 5.92 Å². The minimum atomic E-state index is -0.0983. The van der Waals surface area contributed by atoms with Gasteiger partial charge in [0, 0.05) is 25.6 Å². The Labute approximate surface area is 109 Å². The second-order valence-corrected chi connectivity index (χ2v) is 5.01. The molecule has 2 amide bonds. The third kappa shape index (κ3) is 4.29. The van der Waals surface area contributed by atoms with E-state index in [9.17, 15) is 9.59 Å². The lowest BCUT2D eigenvalue weighted by Crippen LogP contribution is -2.47. The van der Waals surface area contributed by atoms with Crippen LogP contribution in [-0.2, 0) is 9.59 Å². The lowest BCUT2D eigenvalue weighted by atomic mass is 9.92. The lowest BCUT2D eigenvalue weighted by Gasteiger charge is -2.31. The number of amides is 2. The number of piperidine rings is 1. The van der Waals surface area contributed by atoms with Gasteiger partial charge in [0.05, 0.1) is 6.54 Å². The maximum Gasteiger partial charge on any atom is 0.239 e. The van der Waals surface area contributed by atoms with Crippen molar-refractivity contribution in [2.45, 2.75) is 39.2 Å². The van der Waals surface area contributed by atoms with E-state index < -0.39 is 0 Å². The van der Waals surface area contributed by atoms with Gasteiger partial charge in [-0.3, -0.25) is 9.59 Å². The van der Waals surface area contributed by atoms with Gasteiger partial charge in [0.25, 0.3) is 0 Å². The number of nitrogens with one attached hydrogen (secondary N) is 2. The number of rotatable bonds is 5. The average Bonchev–Trinajstić information content (AvgIpc) is 2.37. The number of hydrogen-bond donors (Lipinski definition) is 2. The lowest BCUT2D eigenvalue weighted by molar-refractivity contribution is -0.140. The first-order chi connectivity index (χ1) is 8.58. The summed E-state index contributed by atoms with van der Waals surface area (Å²) in [5.41, 5.74) is 0. The number of carbonyl (C=O) groups is 2. The first-order valence-corrected chi connectivity index (χ1v) is 6.81. The summed E-state index contributed by atoms with van der Waals surface area (Å²) in [4.78, 5) is 25.5. The molecule has 5 heteroatoms. The fraction of sp³-hybridized carbons (Fsp3) is 0.846. The van der Waals surface area contributed by atoms with E-state index in [1.807, 2.05) is 6.92 Å². The molecule has 2 N–H and O–H groups in total. The van der Waals surface area contributed by atoms with Crippen molar-refractivity contribution >= 4 is 11.8 Å². The number of carbonyl (C=O) groups excluding carboxylic acids is 2. The zero-order valence-corrected chi connectivity index (χ0v) is 11.7. The number of nitrogens with zero attached hydrogens (tertiary/aromatic N) is 1. The normalized spacial score (nSPS) is 23.5. The molecule has 0 aliphatic carbocycles. The van der Waals surface area contributed by atoms with Gasteiger partial charge in [0.1, 0.15) is 0 Å². The van der Waals surface area contributed by atoms with E-state index in [0.29, 0.717) is 12.6 Å². The zero-order chi connectivity index (χ0) is 13.5. The minimum Gasteiger partial charge on any atom is -0.358 e. The van der Waals surface area contributed by atoms with Gasteiger partial charge in [-0.15, -0.1) is 0 Å². The summed E-state index contributed by atoms with van der Waals surface area (Å²) in [6, 6.07) is 0.385. The Morgan fingerprint density at radius 2 is 2.17 bits per heavy atom. The van der Waals surface area contributed by atoms with Gasteiger partial charge in [-0.05, 0) is 32.7 Å². The van der Waals surface area contributed by atoms with Crippen molar-refractivity contribution in [1.29, 1.82) is 0 Å². The highest BCUT2D eigenvalue weighted by molar-refractivity contribution is 5.85. The highest BCUT2D eigenvalue weighted by Gasteiger charge is 2.28. The maximum atomic E-state index is 12.4. The minimum absolute atomic E-state index is 0.0671. The van der Waals surface area contributed by atoms with Crippen LogP contribution in [0.3, 0.4) is 0 Å². The van der Waals surface area contributed by atoms with Crippen LogP contribution in [0.2, 0.25) is 0 Å². The van der Waals surface area contributed by atoms with Crippen molar-refractivity contribution in [3.8, 4) is 0 Å². The van der Waals surface area contributed by atoms with E-state index >= 15 is 0 Å². The maximum absolute atomic E-state index is 12.4. The highest BCUT2D eigenvalue weighted by atomic mass is 16.2. The van der Waals surface area contributed by atoms with Crippen LogP contribution in [0.25, 0.3) is 0 Å². The quantitative estimate of drug-likeness (QED) is 0.745. The SMILES string of the molecule is CCCN(CC(=O)NC)C(=O)C1CCNC(C)C1. The Hall–Kier alpha value is -1.10. The van der Waals surface area contributed by atoms with E-state index in [0.717, 1.165) is 25.8 Å². The summed E-state index contributed by atoms with van der Waals surface area (Å²) in [5, 5.41) is 5.91. The second kappa shape index (κ2) is 7.36. The van der Waals surface area contributed by atoms with Crippen LogP contribution in [0.5, 0.6) is 0 Å². The molecule has 2 atom stereocenters. The Kier molecular flexibility index (Phi) is 6.12. The van der Waals surface area contributed by atoms with Gasteiger partial charge in [-0.1, -0.05) is 6.92 Å². The van der Waals surface area contributed by atoms with Crippen LogP contribution >= 0.6 is 0 Å². The third-order valence-corrected chi connectivity index (χ3v) is 3.39. The zero-order valence-electron chi connectivity index (χ0n) is 11.7. The fourth-order valence-electron chi connectivity index (χ4n) is 2.40. The molecule has 5 nitrogen and oxygen atoms in total. The molecule has 0 saturated carbocycles. The molecule has 1 aliphatic heterocycles. The van der Waals surface area contributed by atoms with E-state index in [1.54, 1.807) is 11.9 Å². The molecule has 1 saturated heterocycles. The third-order valence-electron chi connectivity index (χ3n) is 3.39. The number of hydrogen-bond acceptors (Lipinski definition) is 3. The molecule has 2 unspecified atom stereocenters. The van der Waals surface area contributed by atoms with Gasteiger partial charge in [-0.2, -0.15) is 0 Å². The van der Waals surface area contributed by atoms with E-state index in [4.69, 9.17) is 0 Å². The predicted molar refractivity (Wildman–Crippen MR) is 71.1 cm³/mol.